The highest BCUT2D eigenvalue weighted by atomic mass is 16.5. The predicted octanol–water partition coefficient (Wildman–Crippen LogP) is 4.14. The Balaban J connectivity index is 2.25. The van der Waals surface area contributed by atoms with E-state index >= 15 is 0 Å². The number of hydrogen-bond acceptors (Lipinski definition) is 6. The van der Waals surface area contributed by atoms with Crippen LogP contribution >= 0.6 is 0 Å². The Bertz CT molecular complexity index is 919. The number of nitrogens with zero attached hydrogens (tertiary/aromatic N) is 2. The van der Waals surface area contributed by atoms with Gasteiger partial charge < -0.3 is 19.3 Å². The fourth-order valence-electron chi connectivity index (χ4n) is 3.43. The maximum absolute atomic E-state index is 10.2. The highest BCUT2D eigenvalue weighted by Gasteiger charge is 2.26. The van der Waals surface area contributed by atoms with Gasteiger partial charge in [0.2, 0.25) is 0 Å². The fourth-order valence-corrected chi connectivity index (χ4v) is 3.43. The molecule has 2 aromatic rings. The largest absolute Gasteiger partial charge is 0.504 e. The van der Waals surface area contributed by atoms with Crippen molar-refractivity contribution in [3.05, 3.63) is 47.0 Å². The van der Waals surface area contributed by atoms with Crippen molar-refractivity contribution < 1.29 is 19.3 Å². The van der Waals surface area contributed by atoms with Crippen molar-refractivity contribution in [2.75, 3.05) is 21.3 Å². The molecule has 0 fully saturated rings. The lowest BCUT2D eigenvalue weighted by atomic mass is 9.85. The molecule has 0 bridgehead atoms. The van der Waals surface area contributed by atoms with E-state index in [-0.39, 0.29) is 11.7 Å². The number of ether oxygens (including phenoxy) is 3. The van der Waals surface area contributed by atoms with Crippen molar-refractivity contribution in [3.63, 3.8) is 0 Å². The molecular weight excluding hydrogens is 344 g/mol. The second-order valence-corrected chi connectivity index (χ2v) is 6.33. The van der Waals surface area contributed by atoms with Crippen LogP contribution in [0.25, 0.3) is 0 Å². The number of aromatic hydroxyl groups is 1. The van der Waals surface area contributed by atoms with Crippen molar-refractivity contribution in [2.24, 2.45) is 10.2 Å². The van der Waals surface area contributed by atoms with E-state index in [1.807, 2.05) is 25.1 Å². The molecule has 1 unspecified atom stereocenters. The summed E-state index contributed by atoms with van der Waals surface area (Å²) in [6.45, 7) is 4.10. The van der Waals surface area contributed by atoms with Gasteiger partial charge in [-0.05, 0) is 49.2 Å². The Labute approximate surface area is 159 Å². The second kappa shape index (κ2) is 7.70. The van der Waals surface area contributed by atoms with Gasteiger partial charge in [-0.2, -0.15) is 5.10 Å². The van der Waals surface area contributed by atoms with Gasteiger partial charge in [-0.1, -0.05) is 6.92 Å². The summed E-state index contributed by atoms with van der Waals surface area (Å²) >= 11 is 0. The van der Waals surface area contributed by atoms with E-state index in [1.165, 1.54) is 7.11 Å². The van der Waals surface area contributed by atoms with Crippen molar-refractivity contribution >= 4 is 11.4 Å². The molecular formula is C21H24N2O4. The summed E-state index contributed by atoms with van der Waals surface area (Å²) in [5.74, 6) is 1.87. The fraction of sp³-hybridized carbons (Fsp3) is 0.333. The van der Waals surface area contributed by atoms with Gasteiger partial charge in [-0.25, -0.2) is 0 Å². The van der Waals surface area contributed by atoms with Gasteiger partial charge in [-0.3, -0.25) is 0 Å². The van der Waals surface area contributed by atoms with Gasteiger partial charge in [-0.15, -0.1) is 5.10 Å². The first-order valence-electron chi connectivity index (χ1n) is 8.79. The lowest BCUT2D eigenvalue weighted by Crippen LogP contribution is -2.12. The van der Waals surface area contributed by atoms with Crippen LogP contribution in [0.15, 0.2) is 40.5 Å². The van der Waals surface area contributed by atoms with Crippen LogP contribution in [-0.2, 0) is 0 Å². The summed E-state index contributed by atoms with van der Waals surface area (Å²) in [6, 6.07) is 9.12. The predicted molar refractivity (Wildman–Crippen MR) is 106 cm³/mol. The van der Waals surface area contributed by atoms with Crippen LogP contribution in [0.3, 0.4) is 0 Å². The SMILES string of the molecule is CCC1C(C)=NN=C(c2ccc(OC)c(O)c2)c2cc(OC)c(OC)cc21. The third-order valence-electron chi connectivity index (χ3n) is 4.86. The van der Waals surface area contributed by atoms with E-state index in [4.69, 9.17) is 14.2 Å². The Morgan fingerprint density at radius 3 is 2.19 bits per heavy atom. The molecule has 2 aromatic carbocycles. The smallest absolute Gasteiger partial charge is 0.161 e. The zero-order valence-electron chi connectivity index (χ0n) is 16.2. The molecule has 142 valence electrons. The zero-order chi connectivity index (χ0) is 19.6. The molecule has 0 aromatic heterocycles. The third-order valence-corrected chi connectivity index (χ3v) is 4.86. The van der Waals surface area contributed by atoms with Gasteiger partial charge >= 0.3 is 0 Å². The minimum Gasteiger partial charge on any atom is -0.504 e. The van der Waals surface area contributed by atoms with Gasteiger partial charge in [0.05, 0.1) is 21.3 Å². The normalized spacial score (nSPS) is 16.0. The van der Waals surface area contributed by atoms with E-state index in [2.05, 4.69) is 17.1 Å². The van der Waals surface area contributed by atoms with E-state index in [0.29, 0.717) is 23.0 Å². The van der Waals surface area contributed by atoms with Crippen molar-refractivity contribution in [2.45, 2.75) is 26.2 Å². The topological polar surface area (TPSA) is 72.6 Å². The minimum atomic E-state index is 0.0525. The summed E-state index contributed by atoms with van der Waals surface area (Å²) < 4.78 is 16.1. The second-order valence-electron chi connectivity index (χ2n) is 6.33. The van der Waals surface area contributed by atoms with Crippen LogP contribution in [0.2, 0.25) is 0 Å². The summed E-state index contributed by atoms with van der Waals surface area (Å²) in [7, 11) is 4.75. The number of benzene rings is 2. The Morgan fingerprint density at radius 2 is 1.59 bits per heavy atom. The van der Waals surface area contributed by atoms with E-state index in [9.17, 15) is 5.11 Å². The molecule has 1 N–H and O–H groups in total. The average molecular weight is 368 g/mol. The average Bonchev–Trinajstić information content (AvgIpc) is 2.82. The van der Waals surface area contributed by atoms with Crippen LogP contribution in [0, 0.1) is 0 Å². The molecule has 1 aliphatic heterocycles. The van der Waals surface area contributed by atoms with Crippen LogP contribution in [0.1, 0.15) is 42.9 Å². The van der Waals surface area contributed by atoms with Crippen molar-refractivity contribution in [1.82, 2.24) is 0 Å². The van der Waals surface area contributed by atoms with Crippen LogP contribution in [0.4, 0.5) is 0 Å². The number of rotatable bonds is 5. The molecule has 0 saturated carbocycles. The molecule has 1 atom stereocenters. The van der Waals surface area contributed by atoms with Gasteiger partial charge in [0.15, 0.2) is 23.0 Å². The Morgan fingerprint density at radius 1 is 0.926 bits per heavy atom. The summed E-state index contributed by atoms with van der Waals surface area (Å²) in [5.41, 5.74) is 4.32. The number of hydrogen-bond donors (Lipinski definition) is 1. The van der Waals surface area contributed by atoms with Gasteiger partial charge in [0.25, 0.3) is 0 Å². The summed E-state index contributed by atoms with van der Waals surface area (Å²) in [6.07, 6.45) is 0.883. The highest BCUT2D eigenvalue weighted by molar-refractivity contribution is 6.16. The monoisotopic (exact) mass is 368 g/mol. The van der Waals surface area contributed by atoms with Crippen molar-refractivity contribution in [1.29, 1.82) is 0 Å². The van der Waals surface area contributed by atoms with Crippen LogP contribution in [0.5, 0.6) is 23.0 Å². The van der Waals surface area contributed by atoms with Gasteiger partial charge in [0, 0.05) is 22.8 Å². The first kappa shape index (κ1) is 18.8. The molecule has 3 rings (SSSR count). The molecule has 6 heteroatoms. The lowest BCUT2D eigenvalue weighted by Gasteiger charge is -2.20. The molecule has 27 heavy (non-hydrogen) atoms. The maximum atomic E-state index is 10.2. The summed E-state index contributed by atoms with van der Waals surface area (Å²) in [5, 5.41) is 19.2. The number of phenols is 1. The number of phenolic OH excluding ortho intramolecular Hbond substituents is 1. The van der Waals surface area contributed by atoms with Crippen LogP contribution < -0.4 is 14.2 Å². The highest BCUT2D eigenvalue weighted by Crippen LogP contribution is 2.38. The first-order valence-corrected chi connectivity index (χ1v) is 8.79. The van der Waals surface area contributed by atoms with Crippen molar-refractivity contribution in [3.8, 4) is 23.0 Å². The third kappa shape index (κ3) is 3.35. The van der Waals surface area contributed by atoms with Gasteiger partial charge in [0.1, 0.15) is 5.71 Å². The van der Waals surface area contributed by atoms with Crippen LogP contribution in [-0.4, -0.2) is 37.9 Å². The number of methoxy groups -OCH3 is 3. The molecule has 6 nitrogen and oxygen atoms in total. The molecule has 0 amide bonds. The standard InChI is InChI=1S/C21H24N2O4/c1-6-14-12(2)22-23-21(13-7-8-18(25-3)17(24)9-13)16-11-20(27-5)19(26-4)10-15(14)16/h7-11,14,24H,6H2,1-5H3. The molecule has 0 aliphatic carbocycles. The molecule has 0 saturated heterocycles. The molecule has 1 heterocycles. The summed E-state index contributed by atoms with van der Waals surface area (Å²) in [4.78, 5) is 0. The maximum Gasteiger partial charge on any atom is 0.161 e. The zero-order valence-corrected chi connectivity index (χ0v) is 16.2. The molecule has 0 spiro atoms. The minimum absolute atomic E-state index is 0.0525. The number of fused-ring (bicyclic) bond motifs is 1. The Kier molecular flexibility index (Phi) is 5.35. The quantitative estimate of drug-likeness (QED) is 0.861. The Hall–Kier alpha value is -3.02. The van der Waals surface area contributed by atoms with E-state index < -0.39 is 0 Å². The molecule has 1 aliphatic rings. The first-order chi connectivity index (χ1) is 13.0. The lowest BCUT2D eigenvalue weighted by molar-refractivity contribution is 0.354. The molecule has 0 radical (unpaired) electrons. The van der Waals surface area contributed by atoms with E-state index in [0.717, 1.165) is 28.8 Å². The van der Waals surface area contributed by atoms with E-state index in [1.54, 1.807) is 26.4 Å².